The van der Waals surface area contributed by atoms with E-state index in [1.54, 1.807) is 0 Å². The van der Waals surface area contributed by atoms with Crippen LogP contribution in [0.2, 0.25) is 0 Å². The zero-order chi connectivity index (χ0) is 12.8. The van der Waals surface area contributed by atoms with Gasteiger partial charge in [-0.25, -0.2) is 19.6 Å². The SMILES string of the molecule is C=CCOC(=O)Nc1ncc(Br)c(C(=O)O)n1. The third kappa shape index (κ3) is 3.83. The van der Waals surface area contributed by atoms with Crippen molar-refractivity contribution in [3.63, 3.8) is 0 Å². The van der Waals surface area contributed by atoms with Crippen molar-refractivity contribution in [1.82, 2.24) is 9.97 Å². The highest BCUT2D eigenvalue weighted by Gasteiger charge is 2.13. The molecule has 1 amide bonds. The summed E-state index contributed by atoms with van der Waals surface area (Å²) in [5.41, 5.74) is -0.251. The number of ether oxygens (including phenoxy) is 1. The van der Waals surface area contributed by atoms with E-state index in [0.29, 0.717) is 0 Å². The summed E-state index contributed by atoms with van der Waals surface area (Å²) in [5.74, 6) is -1.39. The van der Waals surface area contributed by atoms with Gasteiger partial charge in [0.05, 0.1) is 4.47 Å². The molecule has 0 saturated heterocycles. The minimum Gasteiger partial charge on any atom is -0.476 e. The van der Waals surface area contributed by atoms with Crippen molar-refractivity contribution >= 4 is 33.9 Å². The second-order valence-electron chi connectivity index (χ2n) is 2.71. The first-order valence-corrected chi connectivity index (χ1v) is 5.14. The van der Waals surface area contributed by atoms with Gasteiger partial charge in [0.25, 0.3) is 0 Å². The van der Waals surface area contributed by atoms with E-state index in [9.17, 15) is 9.59 Å². The largest absolute Gasteiger partial charge is 0.476 e. The molecule has 2 N–H and O–H groups in total. The third-order valence-electron chi connectivity index (χ3n) is 1.49. The van der Waals surface area contributed by atoms with Gasteiger partial charge in [0.2, 0.25) is 5.95 Å². The van der Waals surface area contributed by atoms with Crippen molar-refractivity contribution in [3.05, 3.63) is 29.0 Å². The van der Waals surface area contributed by atoms with Crippen molar-refractivity contribution in [2.75, 3.05) is 11.9 Å². The van der Waals surface area contributed by atoms with Crippen LogP contribution in [-0.4, -0.2) is 33.7 Å². The van der Waals surface area contributed by atoms with Crippen LogP contribution in [0.1, 0.15) is 10.5 Å². The molecule has 0 fully saturated rings. The predicted molar refractivity (Wildman–Crippen MR) is 61.9 cm³/mol. The number of hydrogen-bond donors (Lipinski definition) is 2. The summed E-state index contributed by atoms with van der Waals surface area (Å²) in [5, 5.41) is 11.0. The van der Waals surface area contributed by atoms with Gasteiger partial charge >= 0.3 is 12.1 Å². The van der Waals surface area contributed by atoms with E-state index in [2.05, 4.69) is 42.5 Å². The molecule has 0 unspecified atom stereocenters. The lowest BCUT2D eigenvalue weighted by molar-refractivity contribution is 0.0689. The van der Waals surface area contributed by atoms with E-state index < -0.39 is 12.1 Å². The molecular weight excluding hydrogens is 294 g/mol. The number of nitrogens with one attached hydrogen (secondary N) is 1. The summed E-state index contributed by atoms with van der Waals surface area (Å²) < 4.78 is 4.84. The molecule has 90 valence electrons. The zero-order valence-corrected chi connectivity index (χ0v) is 10.1. The van der Waals surface area contributed by atoms with E-state index in [0.717, 1.165) is 0 Å². The Bertz CT molecular complexity index is 464. The number of hydrogen-bond acceptors (Lipinski definition) is 5. The molecule has 0 saturated carbocycles. The Morgan fingerprint density at radius 2 is 2.35 bits per heavy atom. The van der Waals surface area contributed by atoms with E-state index in [1.807, 2.05) is 0 Å². The highest BCUT2D eigenvalue weighted by molar-refractivity contribution is 9.10. The van der Waals surface area contributed by atoms with Crippen LogP contribution in [-0.2, 0) is 4.74 Å². The molecule has 0 aliphatic rings. The van der Waals surface area contributed by atoms with Gasteiger partial charge in [-0.05, 0) is 15.9 Å². The zero-order valence-electron chi connectivity index (χ0n) is 8.51. The molecule has 0 bridgehead atoms. The molecule has 0 spiro atoms. The Morgan fingerprint density at radius 3 is 2.94 bits per heavy atom. The van der Waals surface area contributed by atoms with Gasteiger partial charge in [-0.1, -0.05) is 12.7 Å². The minimum absolute atomic E-state index is 0.0359. The van der Waals surface area contributed by atoms with Crippen LogP contribution in [0.5, 0.6) is 0 Å². The number of carboxylic acid groups (broad SMARTS) is 1. The fourth-order valence-corrected chi connectivity index (χ4v) is 1.20. The number of aromatic carboxylic acids is 1. The number of amides is 1. The van der Waals surface area contributed by atoms with E-state index in [1.165, 1.54) is 12.3 Å². The molecular formula is C9H8BrN3O4. The number of nitrogens with zero attached hydrogens (tertiary/aromatic N) is 2. The number of carbonyl (C=O) groups is 2. The fourth-order valence-electron chi connectivity index (χ4n) is 0.839. The number of carbonyl (C=O) groups excluding carboxylic acids is 1. The molecule has 0 atom stereocenters. The molecule has 17 heavy (non-hydrogen) atoms. The van der Waals surface area contributed by atoms with Crippen LogP contribution in [0.3, 0.4) is 0 Å². The summed E-state index contributed by atoms with van der Waals surface area (Å²) in [6.45, 7) is 3.40. The van der Waals surface area contributed by atoms with Crippen LogP contribution >= 0.6 is 15.9 Å². The summed E-state index contributed by atoms with van der Waals surface area (Å²) in [6.07, 6.45) is 1.83. The minimum atomic E-state index is -1.23. The molecule has 1 aromatic rings. The fraction of sp³-hybridized carbons (Fsp3) is 0.111. The molecule has 0 aliphatic heterocycles. The quantitative estimate of drug-likeness (QED) is 0.820. The Kier molecular flexibility index (Phi) is 4.58. The number of aromatic nitrogens is 2. The van der Waals surface area contributed by atoms with Crippen LogP contribution in [0.4, 0.5) is 10.7 Å². The lowest BCUT2D eigenvalue weighted by Gasteiger charge is -2.04. The smallest absolute Gasteiger partial charge is 0.414 e. The highest BCUT2D eigenvalue weighted by Crippen LogP contribution is 2.14. The Morgan fingerprint density at radius 1 is 1.65 bits per heavy atom. The van der Waals surface area contributed by atoms with Crippen LogP contribution in [0.15, 0.2) is 23.3 Å². The van der Waals surface area contributed by atoms with Gasteiger partial charge in [0.1, 0.15) is 6.61 Å². The lowest BCUT2D eigenvalue weighted by Crippen LogP contribution is -2.17. The summed E-state index contributed by atoms with van der Waals surface area (Å²) in [6, 6.07) is 0. The van der Waals surface area contributed by atoms with Gasteiger partial charge in [-0.3, -0.25) is 5.32 Å². The number of rotatable bonds is 4. The molecule has 1 aromatic heterocycles. The number of anilines is 1. The first-order valence-electron chi connectivity index (χ1n) is 4.35. The van der Waals surface area contributed by atoms with Crippen molar-refractivity contribution < 1.29 is 19.4 Å². The first-order chi connectivity index (χ1) is 8.04. The number of carboxylic acids is 1. The van der Waals surface area contributed by atoms with Gasteiger partial charge in [-0.2, -0.15) is 0 Å². The molecule has 0 aromatic carbocycles. The topological polar surface area (TPSA) is 101 Å². The van der Waals surface area contributed by atoms with Crippen molar-refractivity contribution in [3.8, 4) is 0 Å². The Hall–Kier alpha value is -1.96. The molecule has 1 heterocycles. The summed E-state index contributed by atoms with van der Waals surface area (Å²) in [4.78, 5) is 29.2. The Labute approximate surface area is 105 Å². The summed E-state index contributed by atoms with van der Waals surface area (Å²) in [7, 11) is 0. The average Bonchev–Trinajstić information content (AvgIpc) is 2.28. The van der Waals surface area contributed by atoms with Gasteiger partial charge in [0, 0.05) is 6.20 Å². The lowest BCUT2D eigenvalue weighted by atomic mass is 10.4. The second kappa shape index (κ2) is 5.94. The summed E-state index contributed by atoms with van der Waals surface area (Å²) >= 11 is 2.98. The molecule has 1 rings (SSSR count). The molecule has 8 heteroatoms. The second-order valence-corrected chi connectivity index (χ2v) is 3.56. The number of halogens is 1. The van der Waals surface area contributed by atoms with Gasteiger partial charge in [-0.15, -0.1) is 0 Å². The van der Waals surface area contributed by atoms with Crippen LogP contribution in [0.25, 0.3) is 0 Å². The monoisotopic (exact) mass is 301 g/mol. The van der Waals surface area contributed by atoms with Gasteiger partial charge in [0.15, 0.2) is 5.69 Å². The van der Waals surface area contributed by atoms with Crippen LogP contribution < -0.4 is 5.32 Å². The normalized spacial score (nSPS) is 9.47. The van der Waals surface area contributed by atoms with Crippen LogP contribution in [0, 0.1) is 0 Å². The van der Waals surface area contributed by atoms with E-state index in [-0.39, 0.29) is 22.7 Å². The van der Waals surface area contributed by atoms with Crippen molar-refractivity contribution in [2.45, 2.75) is 0 Å². The van der Waals surface area contributed by atoms with Gasteiger partial charge < -0.3 is 9.84 Å². The van der Waals surface area contributed by atoms with Crippen molar-refractivity contribution in [2.24, 2.45) is 0 Å². The van der Waals surface area contributed by atoms with E-state index >= 15 is 0 Å². The maximum atomic E-state index is 11.1. The Balaban J connectivity index is 2.79. The van der Waals surface area contributed by atoms with E-state index in [4.69, 9.17) is 5.11 Å². The third-order valence-corrected chi connectivity index (χ3v) is 2.07. The van der Waals surface area contributed by atoms with Crippen molar-refractivity contribution in [1.29, 1.82) is 0 Å². The molecule has 0 radical (unpaired) electrons. The molecule has 0 aliphatic carbocycles. The average molecular weight is 302 g/mol. The maximum Gasteiger partial charge on any atom is 0.414 e. The maximum absolute atomic E-state index is 11.1. The first kappa shape index (κ1) is 13.1. The molecule has 7 nitrogen and oxygen atoms in total. The predicted octanol–water partition coefficient (Wildman–Crippen LogP) is 1.67. The highest BCUT2D eigenvalue weighted by atomic mass is 79.9. The standard InChI is InChI=1S/C9H8BrN3O4/c1-2-3-17-9(16)13-8-11-4-5(10)6(12-8)7(14)15/h2,4H,1,3H2,(H,14,15)(H,11,12,13,16).